The summed E-state index contributed by atoms with van der Waals surface area (Å²) in [5.74, 6) is -0.860. The molecule has 2 atom stereocenters. The van der Waals surface area contributed by atoms with Crippen molar-refractivity contribution < 1.29 is 14.3 Å². The number of benzene rings is 1. The summed E-state index contributed by atoms with van der Waals surface area (Å²) in [6.07, 6.45) is 1.64. The van der Waals surface area contributed by atoms with Gasteiger partial charge in [0.25, 0.3) is 0 Å². The number of carbonyl (C=O) groups is 1. The molecule has 1 amide bonds. The molecule has 5 heteroatoms. The third-order valence-corrected chi connectivity index (χ3v) is 3.81. The smallest absolute Gasteiger partial charge is 0.222 e. The second-order valence-corrected chi connectivity index (χ2v) is 5.11. The molecule has 1 aromatic carbocycles. The maximum atomic E-state index is 13.2. The highest BCUT2D eigenvalue weighted by Gasteiger charge is 2.29. The number of amides is 1. The second-order valence-electron chi connectivity index (χ2n) is 5.11. The summed E-state index contributed by atoms with van der Waals surface area (Å²) in [4.78, 5) is 13.4. The normalized spacial score (nSPS) is 23.4. The van der Waals surface area contributed by atoms with E-state index in [1.807, 2.05) is 4.90 Å². The van der Waals surface area contributed by atoms with Crippen LogP contribution in [0.4, 0.5) is 10.1 Å². The monoisotopic (exact) mass is 266 g/mol. The number of piperidine rings is 1. The van der Waals surface area contributed by atoms with Crippen LogP contribution in [0.2, 0.25) is 0 Å². The van der Waals surface area contributed by atoms with Crippen molar-refractivity contribution >= 4 is 11.6 Å². The van der Waals surface area contributed by atoms with E-state index in [1.54, 1.807) is 6.07 Å². The number of primary amides is 1. The van der Waals surface area contributed by atoms with Gasteiger partial charge in [-0.25, -0.2) is 4.39 Å². The Morgan fingerprint density at radius 1 is 1.53 bits per heavy atom. The van der Waals surface area contributed by atoms with Gasteiger partial charge in [-0.05, 0) is 38.0 Å². The Hall–Kier alpha value is -1.62. The Bertz CT molecular complexity index is 479. The number of halogens is 1. The first-order chi connectivity index (χ1) is 9.02. The van der Waals surface area contributed by atoms with Crippen LogP contribution in [0, 0.1) is 11.7 Å². The minimum Gasteiger partial charge on any atom is -0.392 e. The molecule has 1 saturated heterocycles. The molecule has 1 aliphatic heterocycles. The van der Waals surface area contributed by atoms with Crippen LogP contribution in [0.15, 0.2) is 18.2 Å². The van der Waals surface area contributed by atoms with E-state index in [2.05, 4.69) is 6.92 Å². The van der Waals surface area contributed by atoms with Crippen molar-refractivity contribution in [3.8, 4) is 0 Å². The van der Waals surface area contributed by atoms with E-state index < -0.39 is 0 Å². The van der Waals surface area contributed by atoms with E-state index >= 15 is 0 Å². The number of nitrogens with two attached hydrogens (primary N) is 1. The molecule has 2 rings (SSSR count). The molecule has 1 aliphatic rings. The number of aliphatic hydroxyl groups excluding tert-OH is 1. The van der Waals surface area contributed by atoms with Gasteiger partial charge in [0.15, 0.2) is 0 Å². The van der Waals surface area contributed by atoms with Crippen molar-refractivity contribution in [2.75, 3.05) is 11.4 Å². The van der Waals surface area contributed by atoms with Crippen molar-refractivity contribution in [3.05, 3.63) is 29.6 Å². The second kappa shape index (κ2) is 5.57. The van der Waals surface area contributed by atoms with E-state index in [-0.39, 0.29) is 30.3 Å². The van der Waals surface area contributed by atoms with Gasteiger partial charge in [-0.3, -0.25) is 4.79 Å². The first-order valence-corrected chi connectivity index (χ1v) is 6.48. The minimum absolute atomic E-state index is 0.187. The van der Waals surface area contributed by atoms with Crippen LogP contribution < -0.4 is 10.6 Å². The van der Waals surface area contributed by atoms with E-state index in [9.17, 15) is 14.3 Å². The zero-order valence-corrected chi connectivity index (χ0v) is 11.0. The number of carbonyl (C=O) groups excluding carboxylic acids is 1. The molecule has 0 spiro atoms. The topological polar surface area (TPSA) is 66.6 Å². The Morgan fingerprint density at radius 3 is 2.89 bits per heavy atom. The van der Waals surface area contributed by atoms with Crippen LogP contribution in [0.3, 0.4) is 0 Å². The van der Waals surface area contributed by atoms with E-state index in [0.717, 1.165) is 18.5 Å². The third kappa shape index (κ3) is 2.87. The quantitative estimate of drug-likeness (QED) is 0.869. The van der Waals surface area contributed by atoms with Gasteiger partial charge in [0, 0.05) is 23.8 Å². The zero-order valence-electron chi connectivity index (χ0n) is 11.0. The Balaban J connectivity index is 2.30. The van der Waals surface area contributed by atoms with Crippen LogP contribution in [-0.4, -0.2) is 23.6 Å². The molecule has 104 valence electrons. The maximum Gasteiger partial charge on any atom is 0.222 e. The molecular formula is C14H19FN2O2. The van der Waals surface area contributed by atoms with Crippen LogP contribution in [0.1, 0.15) is 25.3 Å². The predicted molar refractivity (Wildman–Crippen MR) is 71.0 cm³/mol. The summed E-state index contributed by atoms with van der Waals surface area (Å²) in [6.45, 7) is 2.36. The Labute approximate surface area is 112 Å². The Morgan fingerprint density at radius 2 is 2.26 bits per heavy atom. The molecule has 0 aromatic heterocycles. The zero-order chi connectivity index (χ0) is 14.0. The highest BCUT2D eigenvalue weighted by molar-refractivity contribution is 5.77. The fourth-order valence-electron chi connectivity index (χ4n) is 2.64. The molecule has 0 saturated carbocycles. The lowest BCUT2D eigenvalue weighted by Gasteiger charge is -2.39. The van der Waals surface area contributed by atoms with E-state index in [1.165, 1.54) is 12.1 Å². The van der Waals surface area contributed by atoms with E-state index in [4.69, 9.17) is 5.73 Å². The first kappa shape index (κ1) is 13.8. The molecule has 19 heavy (non-hydrogen) atoms. The van der Waals surface area contributed by atoms with Gasteiger partial charge in [-0.2, -0.15) is 0 Å². The summed E-state index contributed by atoms with van der Waals surface area (Å²) >= 11 is 0. The van der Waals surface area contributed by atoms with Gasteiger partial charge in [-0.15, -0.1) is 0 Å². The SMILES string of the molecule is CC1CCC(C(N)=O)CN1c1ccc(F)cc1CO. The van der Waals surface area contributed by atoms with Crippen molar-refractivity contribution in [3.63, 3.8) is 0 Å². The molecule has 1 heterocycles. The largest absolute Gasteiger partial charge is 0.392 e. The molecule has 0 radical (unpaired) electrons. The van der Waals surface area contributed by atoms with Crippen LogP contribution in [0.25, 0.3) is 0 Å². The van der Waals surface area contributed by atoms with Gasteiger partial charge in [0.1, 0.15) is 5.82 Å². The molecule has 0 aliphatic carbocycles. The number of hydrogen-bond donors (Lipinski definition) is 2. The number of hydrogen-bond acceptors (Lipinski definition) is 3. The highest BCUT2D eigenvalue weighted by atomic mass is 19.1. The molecule has 0 bridgehead atoms. The van der Waals surface area contributed by atoms with Gasteiger partial charge in [-0.1, -0.05) is 0 Å². The number of nitrogens with zero attached hydrogens (tertiary/aromatic N) is 1. The lowest BCUT2D eigenvalue weighted by Crippen LogP contribution is -2.46. The van der Waals surface area contributed by atoms with Crippen LogP contribution in [0.5, 0.6) is 0 Å². The lowest BCUT2D eigenvalue weighted by molar-refractivity contribution is -0.122. The molecule has 4 nitrogen and oxygen atoms in total. The van der Waals surface area contributed by atoms with Crippen molar-refractivity contribution in [1.29, 1.82) is 0 Å². The van der Waals surface area contributed by atoms with Crippen molar-refractivity contribution in [2.45, 2.75) is 32.4 Å². The molecule has 3 N–H and O–H groups in total. The van der Waals surface area contributed by atoms with Gasteiger partial charge < -0.3 is 15.7 Å². The third-order valence-electron chi connectivity index (χ3n) is 3.81. The number of aliphatic hydroxyl groups is 1. The molecular weight excluding hydrogens is 247 g/mol. The Kier molecular flexibility index (Phi) is 4.04. The molecule has 2 unspecified atom stereocenters. The number of anilines is 1. The van der Waals surface area contributed by atoms with Gasteiger partial charge >= 0.3 is 0 Å². The average Bonchev–Trinajstić information content (AvgIpc) is 2.39. The van der Waals surface area contributed by atoms with Crippen molar-refractivity contribution in [1.82, 2.24) is 0 Å². The summed E-state index contributed by atoms with van der Waals surface area (Å²) in [5.41, 5.74) is 6.69. The van der Waals surface area contributed by atoms with Gasteiger partial charge in [0.05, 0.1) is 12.5 Å². The lowest BCUT2D eigenvalue weighted by atomic mass is 9.92. The average molecular weight is 266 g/mol. The maximum absolute atomic E-state index is 13.2. The highest BCUT2D eigenvalue weighted by Crippen LogP contribution is 2.30. The summed E-state index contributed by atoms with van der Waals surface area (Å²) in [7, 11) is 0. The number of rotatable bonds is 3. The van der Waals surface area contributed by atoms with Crippen LogP contribution >= 0.6 is 0 Å². The summed E-state index contributed by atoms with van der Waals surface area (Å²) < 4.78 is 13.2. The van der Waals surface area contributed by atoms with Crippen LogP contribution in [-0.2, 0) is 11.4 Å². The fraction of sp³-hybridized carbons (Fsp3) is 0.500. The predicted octanol–water partition coefficient (Wildman–Crippen LogP) is 1.41. The summed E-state index contributed by atoms with van der Waals surface area (Å²) in [6, 6.07) is 4.59. The summed E-state index contributed by atoms with van der Waals surface area (Å²) in [5, 5.41) is 9.35. The standard InChI is InChI=1S/C14H19FN2O2/c1-9-2-3-10(14(16)19)7-17(9)13-5-4-12(15)6-11(13)8-18/h4-6,9-10,18H,2-3,7-8H2,1H3,(H2,16,19). The minimum atomic E-state index is -0.371. The molecule has 1 fully saturated rings. The van der Waals surface area contributed by atoms with Crippen molar-refractivity contribution in [2.24, 2.45) is 11.7 Å². The van der Waals surface area contributed by atoms with E-state index in [0.29, 0.717) is 12.1 Å². The molecule has 1 aromatic rings. The first-order valence-electron chi connectivity index (χ1n) is 6.48. The fourth-order valence-corrected chi connectivity index (χ4v) is 2.64. The van der Waals surface area contributed by atoms with Gasteiger partial charge in [0.2, 0.25) is 5.91 Å².